The van der Waals surface area contributed by atoms with Crippen LogP contribution in [-0.2, 0) is 9.59 Å². The van der Waals surface area contributed by atoms with Gasteiger partial charge < -0.3 is 15.7 Å². The number of rotatable bonds is 7. The van der Waals surface area contributed by atoms with E-state index >= 15 is 0 Å². The van der Waals surface area contributed by atoms with Crippen LogP contribution in [0.3, 0.4) is 0 Å². The van der Waals surface area contributed by atoms with E-state index in [1.165, 1.54) is 29.6 Å². The minimum atomic E-state index is -0.799. The van der Waals surface area contributed by atoms with E-state index in [1.54, 1.807) is 0 Å². The monoisotopic (exact) mass is 340 g/mol. The predicted octanol–water partition coefficient (Wildman–Crippen LogP) is 2.81. The number of thiazole rings is 2. The number of anilines is 2. The fraction of sp³-hybridized carbons (Fsp3) is 0.385. The number of amides is 1. The molecule has 2 aromatic rings. The number of nitrogens with one attached hydrogen (secondary N) is 2. The number of hydrogen-bond acceptors (Lipinski definition) is 7. The van der Waals surface area contributed by atoms with Gasteiger partial charge in [-0.3, -0.25) is 9.59 Å². The van der Waals surface area contributed by atoms with Crippen molar-refractivity contribution >= 4 is 44.8 Å². The van der Waals surface area contributed by atoms with E-state index < -0.39 is 5.97 Å². The number of aryl methyl sites for hydroxylation is 1. The van der Waals surface area contributed by atoms with Gasteiger partial charge in [0.15, 0.2) is 10.3 Å². The molecule has 0 radical (unpaired) electrons. The van der Waals surface area contributed by atoms with E-state index in [1.807, 2.05) is 12.3 Å². The van der Waals surface area contributed by atoms with E-state index in [4.69, 9.17) is 5.11 Å². The lowest BCUT2D eigenvalue weighted by Gasteiger charge is -1.99. The second-order valence-corrected chi connectivity index (χ2v) is 6.43. The summed E-state index contributed by atoms with van der Waals surface area (Å²) in [6, 6.07) is 0. The summed E-state index contributed by atoms with van der Waals surface area (Å²) >= 11 is 2.84. The quantitative estimate of drug-likeness (QED) is 0.670. The van der Waals surface area contributed by atoms with Gasteiger partial charge >= 0.3 is 5.97 Å². The van der Waals surface area contributed by atoms with E-state index in [0.29, 0.717) is 18.1 Å². The summed E-state index contributed by atoms with van der Waals surface area (Å²) in [5.74, 6) is -0.952. The lowest BCUT2D eigenvalue weighted by Crippen LogP contribution is -2.04. The van der Waals surface area contributed by atoms with Gasteiger partial charge in [-0.15, -0.1) is 11.3 Å². The van der Waals surface area contributed by atoms with E-state index in [0.717, 1.165) is 21.4 Å². The summed E-state index contributed by atoms with van der Waals surface area (Å²) in [5.41, 5.74) is 1.62. The van der Waals surface area contributed by atoms with Crippen LogP contribution in [0.15, 0.2) is 5.38 Å². The molecule has 0 bridgehead atoms. The zero-order valence-corrected chi connectivity index (χ0v) is 13.8. The third kappa shape index (κ3) is 4.50. The summed E-state index contributed by atoms with van der Waals surface area (Å²) in [4.78, 5) is 31.2. The third-order valence-corrected chi connectivity index (χ3v) is 4.56. The van der Waals surface area contributed by atoms with Gasteiger partial charge in [-0.05, 0) is 13.3 Å². The Kier molecular flexibility index (Phi) is 5.45. The Hall–Kier alpha value is -2.00. The van der Waals surface area contributed by atoms with Gasteiger partial charge in [0.25, 0.3) is 0 Å². The molecule has 0 aliphatic carbocycles. The average molecular weight is 340 g/mol. The predicted molar refractivity (Wildman–Crippen MR) is 87.6 cm³/mol. The topological polar surface area (TPSA) is 104 Å². The van der Waals surface area contributed by atoms with Crippen molar-refractivity contribution in [2.24, 2.45) is 0 Å². The number of carbonyl (C=O) groups is 2. The molecule has 9 heteroatoms. The van der Waals surface area contributed by atoms with Crippen molar-refractivity contribution in [3.8, 4) is 10.6 Å². The SMILES string of the molecule is CC(=O)Nc1nc(C)c(-c2csc(NCCCC(=O)O)n2)s1. The Morgan fingerprint density at radius 1 is 1.32 bits per heavy atom. The van der Waals surface area contributed by atoms with Crippen LogP contribution in [0.1, 0.15) is 25.5 Å². The van der Waals surface area contributed by atoms with Gasteiger partial charge in [0, 0.05) is 25.3 Å². The molecule has 0 saturated heterocycles. The van der Waals surface area contributed by atoms with Crippen molar-refractivity contribution in [1.29, 1.82) is 0 Å². The maximum absolute atomic E-state index is 11.1. The van der Waals surface area contributed by atoms with Gasteiger partial charge in [-0.25, -0.2) is 9.97 Å². The van der Waals surface area contributed by atoms with Crippen LogP contribution in [0.4, 0.5) is 10.3 Å². The summed E-state index contributed by atoms with van der Waals surface area (Å²) in [5, 5.41) is 17.6. The van der Waals surface area contributed by atoms with Gasteiger partial charge in [0.05, 0.1) is 16.3 Å². The van der Waals surface area contributed by atoms with Gasteiger partial charge in [0.2, 0.25) is 5.91 Å². The molecule has 0 aliphatic rings. The maximum Gasteiger partial charge on any atom is 0.303 e. The van der Waals surface area contributed by atoms with Crippen molar-refractivity contribution < 1.29 is 14.7 Å². The van der Waals surface area contributed by atoms with Crippen molar-refractivity contribution in [3.05, 3.63) is 11.1 Å². The molecule has 0 saturated carbocycles. The third-order valence-electron chi connectivity index (χ3n) is 2.66. The van der Waals surface area contributed by atoms with Crippen LogP contribution in [0, 0.1) is 6.92 Å². The van der Waals surface area contributed by atoms with Gasteiger partial charge in [-0.2, -0.15) is 0 Å². The van der Waals surface area contributed by atoms with Crippen LogP contribution in [0.2, 0.25) is 0 Å². The van der Waals surface area contributed by atoms with Gasteiger partial charge in [-0.1, -0.05) is 11.3 Å². The number of carboxylic acids is 1. The molecule has 3 N–H and O–H groups in total. The van der Waals surface area contributed by atoms with Crippen LogP contribution in [0.25, 0.3) is 10.6 Å². The molecular weight excluding hydrogens is 324 g/mol. The van der Waals surface area contributed by atoms with Crippen molar-refractivity contribution in [2.75, 3.05) is 17.2 Å². The first-order valence-electron chi connectivity index (χ1n) is 6.62. The Bertz CT molecular complexity index is 681. The van der Waals surface area contributed by atoms with E-state index in [-0.39, 0.29) is 12.3 Å². The minimum absolute atomic E-state index is 0.138. The fourth-order valence-electron chi connectivity index (χ4n) is 1.73. The first kappa shape index (κ1) is 16.4. The summed E-state index contributed by atoms with van der Waals surface area (Å²) in [7, 11) is 0. The molecule has 2 rings (SSSR count). The number of nitrogens with zero attached hydrogens (tertiary/aromatic N) is 2. The number of carboxylic acid groups (broad SMARTS) is 1. The first-order chi connectivity index (χ1) is 10.5. The summed E-state index contributed by atoms with van der Waals surface area (Å²) < 4.78 is 0. The Morgan fingerprint density at radius 3 is 2.77 bits per heavy atom. The number of hydrogen-bond donors (Lipinski definition) is 3. The number of carbonyl (C=O) groups excluding carboxylic acids is 1. The zero-order chi connectivity index (χ0) is 16.1. The standard InChI is InChI=1S/C13H16N4O3S2/c1-7-11(22-13(15-7)16-8(2)18)9-6-21-12(17-9)14-5-3-4-10(19)20/h6H,3-5H2,1-2H3,(H,14,17)(H,19,20)(H,15,16,18). The number of aliphatic carboxylic acids is 1. The molecule has 0 aromatic carbocycles. The molecule has 22 heavy (non-hydrogen) atoms. The molecule has 2 aromatic heterocycles. The fourth-order valence-corrected chi connectivity index (χ4v) is 3.51. The number of aromatic nitrogens is 2. The summed E-state index contributed by atoms with van der Waals surface area (Å²) in [6.45, 7) is 3.88. The molecule has 2 heterocycles. The van der Waals surface area contributed by atoms with Crippen LogP contribution in [-0.4, -0.2) is 33.5 Å². The average Bonchev–Trinajstić information content (AvgIpc) is 3.00. The van der Waals surface area contributed by atoms with E-state index in [9.17, 15) is 9.59 Å². The minimum Gasteiger partial charge on any atom is -0.481 e. The smallest absolute Gasteiger partial charge is 0.303 e. The lowest BCUT2D eigenvalue weighted by atomic mass is 10.3. The molecule has 0 aliphatic heterocycles. The Morgan fingerprint density at radius 2 is 2.09 bits per heavy atom. The highest BCUT2D eigenvalue weighted by Gasteiger charge is 2.13. The Labute approximate surface area is 135 Å². The highest BCUT2D eigenvalue weighted by molar-refractivity contribution is 7.19. The molecular formula is C13H16N4O3S2. The van der Waals surface area contributed by atoms with Gasteiger partial charge in [0.1, 0.15) is 0 Å². The highest BCUT2D eigenvalue weighted by atomic mass is 32.1. The normalized spacial score (nSPS) is 10.5. The molecule has 0 unspecified atom stereocenters. The van der Waals surface area contributed by atoms with Crippen molar-refractivity contribution in [1.82, 2.24) is 9.97 Å². The van der Waals surface area contributed by atoms with Crippen LogP contribution < -0.4 is 10.6 Å². The molecule has 0 atom stereocenters. The Balaban J connectivity index is 2.00. The van der Waals surface area contributed by atoms with Crippen molar-refractivity contribution in [2.45, 2.75) is 26.7 Å². The second kappa shape index (κ2) is 7.32. The van der Waals surface area contributed by atoms with Crippen LogP contribution in [0.5, 0.6) is 0 Å². The summed E-state index contributed by atoms with van der Waals surface area (Å²) in [6.07, 6.45) is 0.690. The second-order valence-electron chi connectivity index (χ2n) is 4.58. The van der Waals surface area contributed by atoms with Crippen LogP contribution >= 0.6 is 22.7 Å². The van der Waals surface area contributed by atoms with E-state index in [2.05, 4.69) is 20.6 Å². The molecule has 1 amide bonds. The zero-order valence-electron chi connectivity index (χ0n) is 12.2. The molecule has 7 nitrogen and oxygen atoms in total. The lowest BCUT2D eigenvalue weighted by molar-refractivity contribution is -0.137. The largest absolute Gasteiger partial charge is 0.481 e. The molecule has 0 fully saturated rings. The first-order valence-corrected chi connectivity index (χ1v) is 8.32. The molecule has 0 spiro atoms. The maximum atomic E-state index is 11.1. The van der Waals surface area contributed by atoms with Crippen molar-refractivity contribution in [3.63, 3.8) is 0 Å². The highest BCUT2D eigenvalue weighted by Crippen LogP contribution is 2.34. The molecule has 118 valence electrons.